The van der Waals surface area contributed by atoms with Crippen molar-refractivity contribution >= 4 is 16.8 Å². The van der Waals surface area contributed by atoms with Gasteiger partial charge in [0.05, 0.1) is 12.6 Å². The summed E-state index contributed by atoms with van der Waals surface area (Å²) in [5.41, 5.74) is 10.7. The van der Waals surface area contributed by atoms with Gasteiger partial charge >= 0.3 is 6.36 Å². The van der Waals surface area contributed by atoms with Gasteiger partial charge in [-0.2, -0.15) is 0 Å². The quantitative estimate of drug-likeness (QED) is 0.175. The number of nitrogens with zero attached hydrogens (tertiary/aromatic N) is 3. The summed E-state index contributed by atoms with van der Waals surface area (Å²) in [7, 11) is 1.72. The summed E-state index contributed by atoms with van der Waals surface area (Å²) < 4.78 is 50.4. The first-order valence-electron chi connectivity index (χ1n) is 17.4. The van der Waals surface area contributed by atoms with Crippen molar-refractivity contribution in [1.29, 1.82) is 0 Å². The monoisotopic (exact) mass is 690 g/mol. The van der Waals surface area contributed by atoms with Crippen molar-refractivity contribution in [1.82, 2.24) is 25.0 Å². The summed E-state index contributed by atoms with van der Waals surface area (Å²) in [4.78, 5) is 18.0. The number of piperidine rings is 1. The molecule has 1 amide bonds. The lowest BCUT2D eigenvalue weighted by atomic mass is 9.88. The number of likely N-dealkylation sites (tertiary alicyclic amines) is 2. The second kappa shape index (κ2) is 14.3. The number of ether oxygens (including phenoxy) is 2. The van der Waals surface area contributed by atoms with E-state index >= 15 is 0 Å². The van der Waals surface area contributed by atoms with E-state index in [1.54, 1.807) is 19.2 Å². The standard InChI is InChI=1S/C38H45F3N6O3/c1-49-35-6-3-2-5-28(35)22-47-24-29-20-30(47)23-46(29)21-26-7-12-34-32(19-26)33(27-8-10-31(11-9-27)50-38(39,40)41)25-45(34)18-4-15-44-36(48)37(42)13-16-43-17-14-37/h2-3,5-12,19,25,29-30,43H,4,13-18,20-24,42H2,1H3,(H,44,48). The molecule has 266 valence electrons. The number of hydrogen-bond donors (Lipinski definition) is 3. The number of halogens is 3. The normalized spacial score (nSPS) is 20.7. The van der Waals surface area contributed by atoms with Gasteiger partial charge in [0.1, 0.15) is 11.5 Å². The molecule has 0 spiro atoms. The Kier molecular flexibility index (Phi) is 9.80. The van der Waals surface area contributed by atoms with Crippen LogP contribution in [0.15, 0.2) is 72.9 Å². The average molecular weight is 691 g/mol. The Hall–Kier alpha value is -4.10. The molecule has 4 N–H and O–H groups in total. The highest BCUT2D eigenvalue weighted by atomic mass is 19.4. The summed E-state index contributed by atoms with van der Waals surface area (Å²) in [6.07, 6.45) is 0.370. The van der Waals surface area contributed by atoms with Crippen molar-refractivity contribution in [3.63, 3.8) is 0 Å². The summed E-state index contributed by atoms with van der Waals surface area (Å²) in [5, 5.41) is 7.31. The Bertz CT molecular complexity index is 1800. The molecule has 12 heteroatoms. The van der Waals surface area contributed by atoms with E-state index in [0.29, 0.717) is 44.4 Å². The van der Waals surface area contributed by atoms with Gasteiger partial charge in [0.2, 0.25) is 5.91 Å². The molecule has 4 heterocycles. The Morgan fingerprint density at radius 2 is 1.72 bits per heavy atom. The number of hydrogen-bond acceptors (Lipinski definition) is 7. The number of alkyl halides is 3. The van der Waals surface area contributed by atoms with Crippen LogP contribution < -0.4 is 25.8 Å². The van der Waals surface area contributed by atoms with Gasteiger partial charge in [-0.1, -0.05) is 36.4 Å². The third kappa shape index (κ3) is 7.48. The number of benzene rings is 3. The van der Waals surface area contributed by atoms with Gasteiger partial charge in [-0.25, -0.2) is 0 Å². The molecule has 2 atom stereocenters. The average Bonchev–Trinajstić information content (AvgIpc) is 3.79. The molecule has 0 aliphatic carbocycles. The first kappa shape index (κ1) is 34.4. The third-order valence-electron chi connectivity index (χ3n) is 10.6. The van der Waals surface area contributed by atoms with Crippen LogP contribution in [-0.4, -0.2) is 84.1 Å². The number of aryl methyl sites for hydroxylation is 1. The Morgan fingerprint density at radius 3 is 2.42 bits per heavy atom. The lowest BCUT2D eigenvalue weighted by Gasteiger charge is -2.34. The fraction of sp³-hybridized carbons (Fsp3) is 0.447. The second-order valence-corrected chi connectivity index (χ2v) is 13.9. The highest BCUT2D eigenvalue weighted by Crippen LogP contribution is 2.37. The lowest BCUT2D eigenvalue weighted by Crippen LogP contribution is -2.59. The number of carbonyl (C=O) groups excluding carboxylic acids is 1. The zero-order chi connectivity index (χ0) is 34.9. The van der Waals surface area contributed by atoms with E-state index < -0.39 is 11.9 Å². The van der Waals surface area contributed by atoms with Crippen LogP contribution in [-0.2, 0) is 24.4 Å². The number of piperazine rings is 1. The molecule has 3 saturated heterocycles. The summed E-state index contributed by atoms with van der Waals surface area (Å²) >= 11 is 0. The Morgan fingerprint density at radius 1 is 1.00 bits per heavy atom. The van der Waals surface area contributed by atoms with Gasteiger partial charge in [-0.3, -0.25) is 14.6 Å². The van der Waals surface area contributed by atoms with E-state index in [4.69, 9.17) is 10.5 Å². The number of rotatable bonds is 12. The predicted molar refractivity (Wildman–Crippen MR) is 187 cm³/mol. The molecule has 7 rings (SSSR count). The summed E-state index contributed by atoms with van der Waals surface area (Å²) in [6.45, 7) is 6.32. The van der Waals surface area contributed by atoms with E-state index in [2.05, 4.69) is 66.3 Å². The minimum Gasteiger partial charge on any atom is -0.496 e. The van der Waals surface area contributed by atoms with Crippen LogP contribution in [0.1, 0.15) is 36.8 Å². The molecule has 3 aliphatic heterocycles. The lowest BCUT2D eigenvalue weighted by molar-refractivity contribution is -0.274. The Labute approximate surface area is 290 Å². The molecule has 3 aromatic carbocycles. The molecule has 2 unspecified atom stereocenters. The summed E-state index contributed by atoms with van der Waals surface area (Å²) in [5.74, 6) is 0.565. The van der Waals surface area contributed by atoms with Crippen LogP contribution in [0, 0.1) is 0 Å². The van der Waals surface area contributed by atoms with Gasteiger partial charge in [-0.15, -0.1) is 13.2 Å². The number of aromatic nitrogens is 1. The van der Waals surface area contributed by atoms with E-state index in [0.717, 1.165) is 73.5 Å². The maximum Gasteiger partial charge on any atom is 0.573 e. The van der Waals surface area contributed by atoms with Crippen molar-refractivity contribution in [2.24, 2.45) is 5.73 Å². The van der Waals surface area contributed by atoms with Crippen LogP contribution in [0.2, 0.25) is 0 Å². The van der Waals surface area contributed by atoms with Crippen molar-refractivity contribution < 1.29 is 27.4 Å². The molecule has 50 heavy (non-hydrogen) atoms. The van der Waals surface area contributed by atoms with Crippen molar-refractivity contribution in [3.8, 4) is 22.6 Å². The van der Waals surface area contributed by atoms with Gasteiger partial charge in [0.25, 0.3) is 0 Å². The molecule has 0 saturated carbocycles. The van der Waals surface area contributed by atoms with E-state index in [9.17, 15) is 18.0 Å². The van der Waals surface area contributed by atoms with E-state index in [1.807, 2.05) is 12.1 Å². The first-order chi connectivity index (χ1) is 24.1. The summed E-state index contributed by atoms with van der Waals surface area (Å²) in [6, 6.07) is 21.8. The molecule has 3 fully saturated rings. The molecular weight excluding hydrogens is 645 g/mol. The SMILES string of the molecule is COc1ccccc1CN1CC2CC1CN2Cc1ccc2c(c1)c(-c1ccc(OC(F)(F)F)cc1)cn2CCCNC(=O)C1(N)CCNCC1. The number of nitrogens with one attached hydrogen (secondary N) is 2. The maximum absolute atomic E-state index is 12.8. The number of para-hydroxylation sites is 1. The minimum absolute atomic E-state index is 0.110. The fourth-order valence-corrected chi connectivity index (χ4v) is 7.93. The van der Waals surface area contributed by atoms with E-state index in [1.165, 1.54) is 23.3 Å². The third-order valence-corrected chi connectivity index (χ3v) is 10.6. The molecular formula is C38H45F3N6O3. The zero-order valence-corrected chi connectivity index (χ0v) is 28.3. The maximum atomic E-state index is 12.8. The Balaban J connectivity index is 1.06. The molecule has 2 bridgehead atoms. The second-order valence-electron chi connectivity index (χ2n) is 13.9. The number of methoxy groups -OCH3 is 1. The van der Waals surface area contributed by atoms with Crippen molar-refractivity contribution in [2.45, 2.75) is 69.3 Å². The highest BCUT2D eigenvalue weighted by Gasteiger charge is 2.43. The number of carbonyl (C=O) groups is 1. The fourth-order valence-electron chi connectivity index (χ4n) is 7.93. The van der Waals surface area contributed by atoms with Crippen LogP contribution >= 0.6 is 0 Å². The number of fused-ring (bicyclic) bond motifs is 3. The minimum atomic E-state index is -4.75. The smallest absolute Gasteiger partial charge is 0.496 e. The zero-order valence-electron chi connectivity index (χ0n) is 28.3. The number of nitrogens with two attached hydrogens (primary N) is 1. The largest absolute Gasteiger partial charge is 0.573 e. The van der Waals surface area contributed by atoms with Gasteiger partial charge < -0.3 is 30.4 Å². The van der Waals surface area contributed by atoms with Gasteiger partial charge in [0.15, 0.2) is 0 Å². The van der Waals surface area contributed by atoms with Crippen LogP contribution in [0.3, 0.4) is 0 Å². The molecule has 9 nitrogen and oxygen atoms in total. The van der Waals surface area contributed by atoms with Gasteiger partial charge in [0, 0.05) is 79.6 Å². The van der Waals surface area contributed by atoms with E-state index in [-0.39, 0.29) is 11.7 Å². The van der Waals surface area contributed by atoms with Crippen molar-refractivity contribution in [3.05, 3.63) is 84.1 Å². The number of amides is 1. The van der Waals surface area contributed by atoms with Crippen LogP contribution in [0.4, 0.5) is 13.2 Å². The highest BCUT2D eigenvalue weighted by molar-refractivity contribution is 5.96. The molecule has 0 radical (unpaired) electrons. The molecule has 3 aliphatic rings. The van der Waals surface area contributed by atoms with Crippen LogP contribution in [0.25, 0.3) is 22.0 Å². The van der Waals surface area contributed by atoms with Crippen LogP contribution in [0.5, 0.6) is 11.5 Å². The molecule has 4 aromatic rings. The molecule has 1 aromatic heterocycles. The predicted octanol–water partition coefficient (Wildman–Crippen LogP) is 5.26. The first-order valence-corrected chi connectivity index (χ1v) is 17.4. The van der Waals surface area contributed by atoms with Crippen molar-refractivity contribution in [2.75, 3.05) is 39.8 Å². The van der Waals surface area contributed by atoms with Gasteiger partial charge in [-0.05, 0) is 80.2 Å². The topological polar surface area (TPSA) is 97.0 Å².